The zero-order chi connectivity index (χ0) is 20.1. The zero-order valence-corrected chi connectivity index (χ0v) is 15.8. The highest BCUT2D eigenvalue weighted by Crippen LogP contribution is 2.22. The maximum Gasteiger partial charge on any atom is 0.244 e. The van der Waals surface area contributed by atoms with E-state index in [9.17, 15) is 18.4 Å². The normalized spacial score (nSPS) is 13.9. The molecule has 0 radical (unpaired) electrons. The third-order valence-electron chi connectivity index (χ3n) is 4.77. The van der Waals surface area contributed by atoms with E-state index in [-0.39, 0.29) is 12.2 Å². The van der Waals surface area contributed by atoms with Gasteiger partial charge in [-0.25, -0.2) is 8.78 Å². The van der Waals surface area contributed by atoms with Gasteiger partial charge >= 0.3 is 0 Å². The molecule has 5 nitrogen and oxygen atoms in total. The van der Waals surface area contributed by atoms with E-state index >= 15 is 0 Å². The van der Waals surface area contributed by atoms with Gasteiger partial charge in [-0.1, -0.05) is 0 Å². The first kappa shape index (κ1) is 19.8. The molecule has 2 amide bonds. The molecule has 0 aromatic heterocycles. The molecule has 1 fully saturated rings. The van der Waals surface area contributed by atoms with Gasteiger partial charge in [-0.15, -0.1) is 0 Å². The van der Waals surface area contributed by atoms with Gasteiger partial charge in [0.25, 0.3) is 0 Å². The van der Waals surface area contributed by atoms with Crippen molar-refractivity contribution in [2.45, 2.75) is 26.2 Å². The van der Waals surface area contributed by atoms with Crippen molar-refractivity contribution < 1.29 is 18.4 Å². The first-order chi connectivity index (χ1) is 13.4. The fourth-order valence-corrected chi connectivity index (χ4v) is 3.29. The molecule has 3 rings (SSSR count). The minimum atomic E-state index is -1.07. The quantitative estimate of drug-likeness (QED) is 0.845. The summed E-state index contributed by atoms with van der Waals surface area (Å²) < 4.78 is 26.6. The highest BCUT2D eigenvalue weighted by atomic mass is 19.2. The molecule has 1 N–H and O–H groups in total. The van der Waals surface area contributed by atoms with Crippen LogP contribution in [0.5, 0.6) is 0 Å². The Kier molecular flexibility index (Phi) is 6.23. The molecule has 1 aliphatic heterocycles. The van der Waals surface area contributed by atoms with Crippen LogP contribution in [0.2, 0.25) is 0 Å². The molecule has 0 bridgehead atoms. The van der Waals surface area contributed by atoms with E-state index in [0.29, 0.717) is 5.69 Å². The highest BCUT2D eigenvalue weighted by molar-refractivity contribution is 6.01. The molecule has 7 heteroatoms. The summed E-state index contributed by atoms with van der Waals surface area (Å²) in [5.74, 6) is -2.95. The van der Waals surface area contributed by atoms with Crippen molar-refractivity contribution in [1.29, 1.82) is 0 Å². The predicted molar refractivity (Wildman–Crippen MR) is 106 cm³/mol. The number of piperidine rings is 1. The fourth-order valence-electron chi connectivity index (χ4n) is 3.29. The van der Waals surface area contributed by atoms with Crippen LogP contribution in [-0.2, 0) is 9.59 Å². The minimum absolute atomic E-state index is 0.127. The van der Waals surface area contributed by atoms with E-state index in [1.807, 2.05) is 24.3 Å². The van der Waals surface area contributed by atoms with Gasteiger partial charge in [0.05, 0.1) is 0 Å². The SMILES string of the molecule is CC(=O)N(CC(=O)Nc1ccc(N2CCCCC2)cc1)c1ccc(F)c(F)c1. The van der Waals surface area contributed by atoms with Crippen molar-refractivity contribution in [2.24, 2.45) is 0 Å². The van der Waals surface area contributed by atoms with Gasteiger partial charge in [0.1, 0.15) is 6.54 Å². The van der Waals surface area contributed by atoms with Gasteiger partial charge in [-0.3, -0.25) is 9.59 Å². The molecule has 1 aliphatic rings. The van der Waals surface area contributed by atoms with Crippen LogP contribution < -0.4 is 15.1 Å². The van der Waals surface area contributed by atoms with E-state index in [2.05, 4.69) is 10.2 Å². The number of benzene rings is 2. The summed E-state index contributed by atoms with van der Waals surface area (Å²) in [7, 11) is 0. The van der Waals surface area contributed by atoms with Crippen molar-refractivity contribution in [3.8, 4) is 0 Å². The van der Waals surface area contributed by atoms with E-state index < -0.39 is 23.4 Å². The maximum atomic E-state index is 13.5. The monoisotopic (exact) mass is 387 g/mol. The van der Waals surface area contributed by atoms with Crippen LogP contribution in [0.1, 0.15) is 26.2 Å². The van der Waals surface area contributed by atoms with Gasteiger partial charge < -0.3 is 15.1 Å². The molecule has 0 unspecified atom stereocenters. The number of rotatable bonds is 5. The zero-order valence-electron chi connectivity index (χ0n) is 15.8. The lowest BCUT2D eigenvalue weighted by molar-refractivity contribution is -0.120. The maximum absolute atomic E-state index is 13.5. The van der Waals surface area contributed by atoms with Crippen LogP contribution >= 0.6 is 0 Å². The predicted octanol–water partition coefficient (Wildman–Crippen LogP) is 3.95. The molecule has 1 saturated heterocycles. The average molecular weight is 387 g/mol. The Morgan fingerprint density at radius 3 is 2.29 bits per heavy atom. The fraction of sp³-hybridized carbons (Fsp3) is 0.333. The molecule has 2 aromatic rings. The van der Waals surface area contributed by atoms with Crippen molar-refractivity contribution >= 4 is 28.9 Å². The lowest BCUT2D eigenvalue weighted by Crippen LogP contribution is -2.36. The van der Waals surface area contributed by atoms with Crippen LogP contribution in [0, 0.1) is 11.6 Å². The second-order valence-electron chi connectivity index (χ2n) is 6.85. The van der Waals surface area contributed by atoms with Crippen molar-refractivity contribution in [2.75, 3.05) is 34.8 Å². The van der Waals surface area contributed by atoms with Crippen molar-refractivity contribution in [1.82, 2.24) is 0 Å². The third-order valence-corrected chi connectivity index (χ3v) is 4.77. The molecule has 1 heterocycles. The number of carbonyl (C=O) groups excluding carboxylic acids is 2. The minimum Gasteiger partial charge on any atom is -0.372 e. The van der Waals surface area contributed by atoms with Gasteiger partial charge in [0.2, 0.25) is 11.8 Å². The molecule has 0 spiro atoms. The average Bonchev–Trinajstić information content (AvgIpc) is 2.69. The molecule has 0 atom stereocenters. The first-order valence-electron chi connectivity index (χ1n) is 9.32. The van der Waals surface area contributed by atoms with Gasteiger partial charge in [-0.05, 0) is 55.7 Å². The van der Waals surface area contributed by atoms with Crippen LogP contribution in [-0.4, -0.2) is 31.4 Å². The number of amides is 2. The van der Waals surface area contributed by atoms with Crippen LogP contribution in [0.25, 0.3) is 0 Å². The summed E-state index contributed by atoms with van der Waals surface area (Å²) in [5, 5.41) is 2.73. The topological polar surface area (TPSA) is 52.7 Å². The van der Waals surface area contributed by atoms with Crippen molar-refractivity contribution in [3.05, 3.63) is 54.1 Å². The van der Waals surface area contributed by atoms with Gasteiger partial charge in [0, 0.05) is 43.1 Å². The molecule has 0 saturated carbocycles. The number of hydrogen-bond acceptors (Lipinski definition) is 3. The van der Waals surface area contributed by atoms with E-state index in [0.717, 1.165) is 35.8 Å². The Labute approximate surface area is 162 Å². The Balaban J connectivity index is 1.64. The molecule has 148 valence electrons. The van der Waals surface area contributed by atoms with Crippen molar-refractivity contribution in [3.63, 3.8) is 0 Å². The number of nitrogens with one attached hydrogen (secondary N) is 1. The number of halogens is 2. The Hall–Kier alpha value is -2.96. The van der Waals surface area contributed by atoms with Gasteiger partial charge in [-0.2, -0.15) is 0 Å². The molecular formula is C21H23F2N3O2. The third kappa shape index (κ3) is 4.85. The largest absolute Gasteiger partial charge is 0.372 e. The lowest BCUT2D eigenvalue weighted by atomic mass is 10.1. The van der Waals surface area contributed by atoms with Crippen LogP contribution in [0.15, 0.2) is 42.5 Å². The summed E-state index contributed by atoms with van der Waals surface area (Å²) in [6.45, 7) is 3.04. The first-order valence-corrected chi connectivity index (χ1v) is 9.32. The lowest BCUT2D eigenvalue weighted by Gasteiger charge is -2.28. The Morgan fingerprint density at radius 2 is 1.68 bits per heavy atom. The molecule has 28 heavy (non-hydrogen) atoms. The van der Waals surface area contributed by atoms with E-state index in [4.69, 9.17) is 0 Å². The summed E-state index contributed by atoms with van der Waals surface area (Å²) in [6.07, 6.45) is 3.63. The standard InChI is InChI=1S/C21H23F2N3O2/c1-15(27)26(18-9-10-19(22)20(23)13-18)14-21(28)24-16-5-7-17(8-6-16)25-11-3-2-4-12-25/h5-10,13H,2-4,11-12,14H2,1H3,(H,24,28). The smallest absolute Gasteiger partial charge is 0.244 e. The summed E-state index contributed by atoms with van der Waals surface area (Å²) in [6, 6.07) is 10.6. The highest BCUT2D eigenvalue weighted by Gasteiger charge is 2.18. The van der Waals surface area contributed by atoms with Crippen LogP contribution in [0.3, 0.4) is 0 Å². The number of carbonyl (C=O) groups is 2. The van der Waals surface area contributed by atoms with Crippen LogP contribution in [0.4, 0.5) is 25.8 Å². The van der Waals surface area contributed by atoms with E-state index in [1.54, 1.807) is 0 Å². The summed E-state index contributed by atoms with van der Waals surface area (Å²) in [4.78, 5) is 27.6. The molecular weight excluding hydrogens is 364 g/mol. The number of anilines is 3. The second kappa shape index (κ2) is 8.82. The molecule has 0 aliphatic carbocycles. The number of nitrogens with zero attached hydrogens (tertiary/aromatic N) is 2. The number of hydrogen-bond donors (Lipinski definition) is 1. The molecule has 2 aromatic carbocycles. The Morgan fingerprint density at radius 1 is 1.00 bits per heavy atom. The summed E-state index contributed by atoms with van der Waals surface area (Å²) in [5.41, 5.74) is 1.85. The summed E-state index contributed by atoms with van der Waals surface area (Å²) >= 11 is 0. The second-order valence-corrected chi connectivity index (χ2v) is 6.85. The van der Waals surface area contributed by atoms with E-state index in [1.165, 1.54) is 32.3 Å². The van der Waals surface area contributed by atoms with Gasteiger partial charge in [0.15, 0.2) is 11.6 Å². The Bertz CT molecular complexity index is 849.